The highest BCUT2D eigenvalue weighted by atomic mass is 16.5. The molecule has 0 amide bonds. The van der Waals surface area contributed by atoms with Crippen LogP contribution < -0.4 is 5.32 Å². The number of methoxy groups -OCH3 is 1. The number of likely N-dealkylation sites (tertiary alicyclic amines) is 1. The van der Waals surface area contributed by atoms with Gasteiger partial charge in [0.05, 0.1) is 7.11 Å². The minimum Gasteiger partial charge on any atom is -0.468 e. The summed E-state index contributed by atoms with van der Waals surface area (Å²) in [6.07, 6.45) is 6.90. The summed E-state index contributed by atoms with van der Waals surface area (Å²) in [7, 11) is 1.48. The molecule has 2 atom stereocenters. The van der Waals surface area contributed by atoms with Crippen molar-refractivity contribution < 1.29 is 9.53 Å². The van der Waals surface area contributed by atoms with Gasteiger partial charge in [-0.15, -0.1) is 0 Å². The largest absolute Gasteiger partial charge is 0.468 e. The first-order valence-electron chi connectivity index (χ1n) is 8.61. The van der Waals surface area contributed by atoms with Gasteiger partial charge in [0.2, 0.25) is 0 Å². The molecule has 2 unspecified atom stereocenters. The fraction of sp³-hybridized carbons (Fsp3) is 0.941. The summed E-state index contributed by atoms with van der Waals surface area (Å²) in [5.41, 5.74) is -0.534. The summed E-state index contributed by atoms with van der Waals surface area (Å²) < 4.78 is 4.97. The highest BCUT2D eigenvalue weighted by Crippen LogP contribution is 2.22. The van der Waals surface area contributed by atoms with Gasteiger partial charge in [0.1, 0.15) is 5.54 Å². The Hall–Kier alpha value is -0.610. The van der Waals surface area contributed by atoms with E-state index in [1.165, 1.54) is 39.5 Å². The smallest absolute Gasteiger partial charge is 0.325 e. The van der Waals surface area contributed by atoms with E-state index in [2.05, 4.69) is 24.1 Å². The predicted molar refractivity (Wildman–Crippen MR) is 87.4 cm³/mol. The highest BCUT2D eigenvalue weighted by Gasteiger charge is 2.33. The molecule has 0 saturated carbocycles. The van der Waals surface area contributed by atoms with Gasteiger partial charge in [-0.2, -0.15) is 0 Å². The van der Waals surface area contributed by atoms with Crippen LogP contribution in [0.15, 0.2) is 0 Å². The van der Waals surface area contributed by atoms with Crippen LogP contribution in [0.5, 0.6) is 0 Å². The molecule has 1 N–H and O–H groups in total. The van der Waals surface area contributed by atoms with Gasteiger partial charge in [0.25, 0.3) is 0 Å². The Morgan fingerprint density at radius 3 is 2.76 bits per heavy atom. The van der Waals surface area contributed by atoms with E-state index in [4.69, 9.17) is 4.74 Å². The fourth-order valence-corrected chi connectivity index (χ4v) is 3.30. The molecule has 1 saturated heterocycles. The molecule has 0 aromatic rings. The number of hydrogen-bond donors (Lipinski definition) is 1. The molecule has 0 aliphatic carbocycles. The molecule has 1 heterocycles. The van der Waals surface area contributed by atoms with Gasteiger partial charge in [-0.3, -0.25) is 4.79 Å². The van der Waals surface area contributed by atoms with E-state index in [9.17, 15) is 4.79 Å². The molecule has 1 aliphatic heterocycles. The lowest BCUT2D eigenvalue weighted by Crippen LogP contribution is -2.50. The number of carbonyl (C=O) groups is 1. The number of esters is 1. The third-order valence-electron chi connectivity index (χ3n) is 4.62. The van der Waals surface area contributed by atoms with Crippen molar-refractivity contribution >= 4 is 5.97 Å². The number of rotatable bonds is 10. The van der Waals surface area contributed by atoms with Gasteiger partial charge in [0.15, 0.2) is 0 Å². The monoisotopic (exact) mass is 298 g/mol. The van der Waals surface area contributed by atoms with Crippen LogP contribution in [0.1, 0.15) is 59.3 Å². The minimum absolute atomic E-state index is 0.138. The SMILES string of the molecule is CCCNC(C)(CCCN1CCC(CCC)C1)C(=O)OC. The molecule has 4 heteroatoms. The van der Waals surface area contributed by atoms with Gasteiger partial charge >= 0.3 is 5.97 Å². The van der Waals surface area contributed by atoms with Crippen LogP contribution in [0.25, 0.3) is 0 Å². The lowest BCUT2D eigenvalue weighted by molar-refractivity contribution is -0.148. The molecule has 0 bridgehead atoms. The van der Waals surface area contributed by atoms with Crippen molar-refractivity contribution in [2.24, 2.45) is 5.92 Å². The van der Waals surface area contributed by atoms with Crippen molar-refractivity contribution in [3.05, 3.63) is 0 Å². The maximum atomic E-state index is 12.0. The van der Waals surface area contributed by atoms with Crippen LogP contribution in [0.2, 0.25) is 0 Å². The zero-order valence-corrected chi connectivity index (χ0v) is 14.4. The van der Waals surface area contributed by atoms with Gasteiger partial charge in [-0.05, 0) is 64.6 Å². The van der Waals surface area contributed by atoms with Crippen molar-refractivity contribution in [2.75, 3.05) is 33.3 Å². The molecule has 21 heavy (non-hydrogen) atoms. The number of ether oxygens (including phenoxy) is 1. The quantitative estimate of drug-likeness (QED) is 0.630. The maximum absolute atomic E-state index is 12.0. The van der Waals surface area contributed by atoms with Crippen molar-refractivity contribution in [3.63, 3.8) is 0 Å². The zero-order valence-electron chi connectivity index (χ0n) is 14.4. The van der Waals surface area contributed by atoms with E-state index < -0.39 is 5.54 Å². The minimum atomic E-state index is -0.534. The van der Waals surface area contributed by atoms with Crippen molar-refractivity contribution in [3.8, 4) is 0 Å². The van der Waals surface area contributed by atoms with E-state index >= 15 is 0 Å². The number of hydrogen-bond acceptors (Lipinski definition) is 4. The van der Waals surface area contributed by atoms with Crippen LogP contribution in [-0.4, -0.2) is 49.7 Å². The van der Waals surface area contributed by atoms with E-state index in [1.54, 1.807) is 0 Å². The predicted octanol–water partition coefficient (Wildman–Crippen LogP) is 2.82. The van der Waals surface area contributed by atoms with Crippen LogP contribution in [0.4, 0.5) is 0 Å². The van der Waals surface area contributed by atoms with Crippen molar-refractivity contribution in [1.29, 1.82) is 0 Å². The standard InChI is InChI=1S/C17H34N2O2/c1-5-8-15-9-13-19(14-15)12-7-10-17(3,16(20)21-4)18-11-6-2/h15,18H,5-14H2,1-4H3. The Bertz CT molecular complexity index is 309. The molecule has 0 spiro atoms. The maximum Gasteiger partial charge on any atom is 0.325 e. The second kappa shape index (κ2) is 9.42. The lowest BCUT2D eigenvalue weighted by Gasteiger charge is -2.29. The Morgan fingerprint density at radius 1 is 1.38 bits per heavy atom. The summed E-state index contributed by atoms with van der Waals surface area (Å²) in [5, 5.41) is 3.36. The second-order valence-corrected chi connectivity index (χ2v) is 6.60. The first-order chi connectivity index (χ1) is 10.1. The molecule has 0 aromatic heterocycles. The molecule has 1 aliphatic rings. The van der Waals surface area contributed by atoms with Crippen LogP contribution >= 0.6 is 0 Å². The van der Waals surface area contributed by atoms with Crippen LogP contribution in [0.3, 0.4) is 0 Å². The number of carbonyl (C=O) groups excluding carboxylic acids is 1. The van der Waals surface area contributed by atoms with Crippen LogP contribution in [0, 0.1) is 5.92 Å². The van der Waals surface area contributed by atoms with Gasteiger partial charge in [-0.1, -0.05) is 20.3 Å². The second-order valence-electron chi connectivity index (χ2n) is 6.60. The Balaban J connectivity index is 2.35. The normalized spacial score (nSPS) is 22.2. The first kappa shape index (κ1) is 18.4. The van der Waals surface area contributed by atoms with E-state index in [0.29, 0.717) is 0 Å². The Labute approximate surface area is 130 Å². The van der Waals surface area contributed by atoms with E-state index in [0.717, 1.165) is 38.3 Å². The average molecular weight is 298 g/mol. The Kier molecular flexibility index (Phi) is 8.27. The molecule has 1 rings (SSSR count). The zero-order chi connectivity index (χ0) is 15.7. The molecule has 0 aromatic carbocycles. The summed E-state index contributed by atoms with van der Waals surface area (Å²) in [6.45, 7) is 10.8. The van der Waals surface area contributed by atoms with E-state index in [1.807, 2.05) is 6.92 Å². The van der Waals surface area contributed by atoms with Crippen LogP contribution in [-0.2, 0) is 9.53 Å². The molecule has 0 radical (unpaired) electrons. The molecular weight excluding hydrogens is 264 g/mol. The van der Waals surface area contributed by atoms with Crippen molar-refractivity contribution in [1.82, 2.24) is 10.2 Å². The van der Waals surface area contributed by atoms with E-state index in [-0.39, 0.29) is 5.97 Å². The number of nitrogens with one attached hydrogen (secondary N) is 1. The van der Waals surface area contributed by atoms with Gasteiger partial charge in [-0.25, -0.2) is 0 Å². The fourth-order valence-electron chi connectivity index (χ4n) is 3.30. The molecule has 4 nitrogen and oxygen atoms in total. The summed E-state index contributed by atoms with van der Waals surface area (Å²) in [4.78, 5) is 14.6. The highest BCUT2D eigenvalue weighted by molar-refractivity contribution is 5.80. The van der Waals surface area contributed by atoms with Crippen molar-refractivity contribution in [2.45, 2.75) is 64.8 Å². The molecular formula is C17H34N2O2. The summed E-state index contributed by atoms with van der Waals surface area (Å²) in [5.74, 6) is 0.751. The lowest BCUT2D eigenvalue weighted by atomic mass is 9.95. The topological polar surface area (TPSA) is 41.6 Å². The average Bonchev–Trinajstić information content (AvgIpc) is 2.92. The summed E-state index contributed by atoms with van der Waals surface area (Å²) in [6, 6.07) is 0. The summed E-state index contributed by atoms with van der Waals surface area (Å²) >= 11 is 0. The molecule has 1 fully saturated rings. The Morgan fingerprint density at radius 2 is 2.14 bits per heavy atom. The first-order valence-corrected chi connectivity index (χ1v) is 8.61. The third kappa shape index (κ3) is 5.95. The molecule has 124 valence electrons. The van der Waals surface area contributed by atoms with Gasteiger partial charge in [0, 0.05) is 6.54 Å². The van der Waals surface area contributed by atoms with Gasteiger partial charge < -0.3 is 15.0 Å². The number of nitrogens with zero attached hydrogens (tertiary/aromatic N) is 1. The third-order valence-corrected chi connectivity index (χ3v) is 4.62.